The number of aliphatic hydroxyl groups excluding tert-OH is 1. The molecule has 1 heterocycles. The lowest BCUT2D eigenvalue weighted by Crippen LogP contribution is -2.41. The molecule has 0 aromatic heterocycles. The summed E-state index contributed by atoms with van der Waals surface area (Å²) >= 11 is 5.98. The van der Waals surface area contributed by atoms with Crippen LogP contribution < -0.4 is 5.32 Å². The second kappa shape index (κ2) is 8.52. The van der Waals surface area contributed by atoms with Crippen LogP contribution in [0.2, 0.25) is 5.02 Å². The van der Waals surface area contributed by atoms with E-state index >= 15 is 0 Å². The summed E-state index contributed by atoms with van der Waals surface area (Å²) in [4.78, 5) is 9.09. The van der Waals surface area contributed by atoms with Crippen LogP contribution in [0.4, 0.5) is 0 Å². The van der Waals surface area contributed by atoms with Crippen molar-refractivity contribution >= 4 is 17.6 Å². The summed E-state index contributed by atoms with van der Waals surface area (Å²) in [6.07, 6.45) is 0.554. The number of rotatable bonds is 5. The summed E-state index contributed by atoms with van der Waals surface area (Å²) in [7, 11) is 4.11. The maximum absolute atomic E-state index is 9.74. The van der Waals surface area contributed by atoms with Gasteiger partial charge in [0.15, 0.2) is 5.96 Å². The van der Waals surface area contributed by atoms with Crippen LogP contribution in [-0.4, -0.2) is 67.2 Å². The fourth-order valence-corrected chi connectivity index (χ4v) is 2.91. The van der Waals surface area contributed by atoms with Crippen LogP contribution in [0.15, 0.2) is 29.3 Å². The number of likely N-dealkylation sites (N-methyl/N-ethyl adjacent to an activating group) is 1. The SMILES string of the molecule is CCNC(=NCC(c1ccc(Cl)cc1)N(C)C)N1CC[C@@H](O)C1. The molecule has 23 heavy (non-hydrogen) atoms. The fourth-order valence-electron chi connectivity index (χ4n) is 2.78. The second-order valence-electron chi connectivity index (χ2n) is 6.11. The van der Waals surface area contributed by atoms with Gasteiger partial charge in [0.25, 0.3) is 0 Å². The first-order chi connectivity index (χ1) is 11.0. The number of β-amino-alcohol motifs (C(OH)–C–C–N with tert-alkyl or cyclic N) is 1. The molecule has 0 radical (unpaired) electrons. The van der Waals surface area contributed by atoms with Crippen molar-refractivity contribution in [3.05, 3.63) is 34.9 Å². The number of nitrogens with one attached hydrogen (secondary N) is 1. The molecule has 5 nitrogen and oxygen atoms in total. The summed E-state index contributed by atoms with van der Waals surface area (Å²) in [5.74, 6) is 0.880. The minimum Gasteiger partial charge on any atom is -0.391 e. The third-order valence-corrected chi connectivity index (χ3v) is 4.34. The Morgan fingerprint density at radius 1 is 1.43 bits per heavy atom. The van der Waals surface area contributed by atoms with E-state index in [0.717, 1.165) is 30.5 Å². The smallest absolute Gasteiger partial charge is 0.194 e. The average Bonchev–Trinajstić information content (AvgIpc) is 2.94. The normalized spacial score (nSPS) is 20.2. The van der Waals surface area contributed by atoms with E-state index in [1.807, 2.05) is 12.1 Å². The number of hydrogen-bond donors (Lipinski definition) is 2. The highest BCUT2D eigenvalue weighted by Gasteiger charge is 2.23. The molecule has 1 unspecified atom stereocenters. The first-order valence-corrected chi connectivity index (χ1v) is 8.52. The Bertz CT molecular complexity index is 518. The topological polar surface area (TPSA) is 51.1 Å². The van der Waals surface area contributed by atoms with Gasteiger partial charge in [-0.1, -0.05) is 23.7 Å². The van der Waals surface area contributed by atoms with Crippen molar-refractivity contribution in [1.29, 1.82) is 0 Å². The number of aliphatic imine (C=N–C) groups is 1. The molecular weight excluding hydrogens is 312 g/mol. The zero-order chi connectivity index (χ0) is 16.8. The van der Waals surface area contributed by atoms with Crippen molar-refractivity contribution in [1.82, 2.24) is 15.1 Å². The predicted molar refractivity (Wildman–Crippen MR) is 96.1 cm³/mol. The van der Waals surface area contributed by atoms with Gasteiger partial charge in [0.05, 0.1) is 18.7 Å². The van der Waals surface area contributed by atoms with Crippen LogP contribution in [0.1, 0.15) is 24.9 Å². The third kappa shape index (κ3) is 5.09. The molecule has 1 fully saturated rings. The van der Waals surface area contributed by atoms with Crippen LogP contribution in [0, 0.1) is 0 Å². The van der Waals surface area contributed by atoms with E-state index in [2.05, 4.69) is 48.3 Å². The minimum atomic E-state index is -0.250. The third-order valence-electron chi connectivity index (χ3n) is 4.09. The van der Waals surface area contributed by atoms with E-state index in [1.165, 1.54) is 5.56 Å². The molecule has 6 heteroatoms. The van der Waals surface area contributed by atoms with Crippen LogP contribution in [0.3, 0.4) is 0 Å². The van der Waals surface area contributed by atoms with Crippen molar-refractivity contribution in [3.8, 4) is 0 Å². The van der Waals surface area contributed by atoms with Gasteiger partial charge in [-0.2, -0.15) is 0 Å². The molecule has 128 valence electrons. The predicted octanol–water partition coefficient (Wildman–Crippen LogP) is 1.97. The molecule has 1 aliphatic rings. The molecule has 0 bridgehead atoms. The monoisotopic (exact) mass is 338 g/mol. The highest BCUT2D eigenvalue weighted by molar-refractivity contribution is 6.30. The Balaban J connectivity index is 2.12. The molecule has 0 amide bonds. The molecule has 1 aromatic carbocycles. The number of benzene rings is 1. The van der Waals surface area contributed by atoms with E-state index in [0.29, 0.717) is 13.1 Å². The summed E-state index contributed by atoms with van der Waals surface area (Å²) in [5.41, 5.74) is 1.19. The molecule has 2 N–H and O–H groups in total. The van der Waals surface area contributed by atoms with Gasteiger partial charge in [0, 0.05) is 24.7 Å². The van der Waals surface area contributed by atoms with Crippen LogP contribution in [-0.2, 0) is 0 Å². The summed E-state index contributed by atoms with van der Waals surface area (Å²) < 4.78 is 0. The Morgan fingerprint density at radius 3 is 2.65 bits per heavy atom. The summed E-state index contributed by atoms with van der Waals surface area (Å²) in [6, 6.07) is 8.12. The lowest BCUT2D eigenvalue weighted by molar-refractivity contribution is 0.187. The Hall–Kier alpha value is -1.30. The van der Waals surface area contributed by atoms with Crippen LogP contribution in [0.25, 0.3) is 0 Å². The number of aliphatic hydroxyl groups is 1. The fraction of sp³-hybridized carbons (Fsp3) is 0.588. The molecule has 1 saturated heterocycles. The number of hydrogen-bond acceptors (Lipinski definition) is 3. The van der Waals surface area contributed by atoms with Gasteiger partial charge in [-0.3, -0.25) is 4.99 Å². The Morgan fingerprint density at radius 2 is 2.13 bits per heavy atom. The van der Waals surface area contributed by atoms with Crippen molar-refractivity contribution in [2.24, 2.45) is 4.99 Å². The number of guanidine groups is 1. The summed E-state index contributed by atoms with van der Waals surface area (Å²) in [6.45, 7) is 5.03. The Labute approximate surface area is 144 Å². The van der Waals surface area contributed by atoms with Crippen LogP contribution in [0.5, 0.6) is 0 Å². The average molecular weight is 339 g/mol. The maximum Gasteiger partial charge on any atom is 0.194 e. The number of nitrogens with zero attached hydrogens (tertiary/aromatic N) is 3. The summed E-state index contributed by atoms with van der Waals surface area (Å²) in [5, 5.41) is 13.8. The largest absolute Gasteiger partial charge is 0.391 e. The first kappa shape index (κ1) is 18.0. The quantitative estimate of drug-likeness (QED) is 0.636. The molecule has 0 spiro atoms. The lowest BCUT2D eigenvalue weighted by atomic mass is 10.1. The van der Waals surface area contributed by atoms with Gasteiger partial charge >= 0.3 is 0 Å². The zero-order valence-corrected chi connectivity index (χ0v) is 14.9. The van der Waals surface area contributed by atoms with Gasteiger partial charge in [-0.05, 0) is 45.1 Å². The van der Waals surface area contributed by atoms with Crippen molar-refractivity contribution in [3.63, 3.8) is 0 Å². The van der Waals surface area contributed by atoms with E-state index in [-0.39, 0.29) is 12.1 Å². The second-order valence-corrected chi connectivity index (χ2v) is 6.55. The minimum absolute atomic E-state index is 0.188. The van der Waals surface area contributed by atoms with Crippen LogP contribution >= 0.6 is 11.6 Å². The molecule has 0 aliphatic carbocycles. The zero-order valence-electron chi connectivity index (χ0n) is 14.2. The van der Waals surface area contributed by atoms with Gasteiger partial charge in [-0.15, -0.1) is 0 Å². The molecule has 1 aliphatic heterocycles. The molecule has 2 atom stereocenters. The number of halogens is 1. The molecule has 0 saturated carbocycles. The lowest BCUT2D eigenvalue weighted by Gasteiger charge is -2.26. The van der Waals surface area contributed by atoms with E-state index in [4.69, 9.17) is 16.6 Å². The first-order valence-electron chi connectivity index (χ1n) is 8.14. The highest BCUT2D eigenvalue weighted by atomic mass is 35.5. The van der Waals surface area contributed by atoms with Crippen molar-refractivity contribution in [2.45, 2.75) is 25.5 Å². The molecule has 2 rings (SSSR count). The van der Waals surface area contributed by atoms with Gasteiger partial charge in [0.1, 0.15) is 0 Å². The van der Waals surface area contributed by atoms with E-state index in [9.17, 15) is 5.11 Å². The number of likely N-dealkylation sites (tertiary alicyclic amines) is 1. The van der Waals surface area contributed by atoms with Gasteiger partial charge in [-0.25, -0.2) is 0 Å². The Kier molecular flexibility index (Phi) is 6.69. The maximum atomic E-state index is 9.74. The van der Waals surface area contributed by atoms with Crippen molar-refractivity contribution in [2.75, 3.05) is 40.3 Å². The molecular formula is C17H27ClN4O. The van der Waals surface area contributed by atoms with E-state index < -0.39 is 0 Å². The molecule has 1 aromatic rings. The highest BCUT2D eigenvalue weighted by Crippen LogP contribution is 2.21. The van der Waals surface area contributed by atoms with Gasteiger partial charge in [0.2, 0.25) is 0 Å². The van der Waals surface area contributed by atoms with Crippen molar-refractivity contribution < 1.29 is 5.11 Å². The van der Waals surface area contributed by atoms with E-state index in [1.54, 1.807) is 0 Å². The van der Waals surface area contributed by atoms with Gasteiger partial charge < -0.3 is 20.2 Å². The standard InChI is InChI=1S/C17H27ClN4O/c1-4-19-17(22-10-9-15(23)12-22)20-11-16(21(2)3)13-5-7-14(18)8-6-13/h5-8,15-16,23H,4,9-12H2,1-3H3,(H,19,20)/t15-,16?/m1/s1.